The Morgan fingerprint density at radius 3 is 2.51 bits per heavy atom. The summed E-state index contributed by atoms with van der Waals surface area (Å²) in [4.78, 5) is 8.80. The summed E-state index contributed by atoms with van der Waals surface area (Å²) in [6.07, 6.45) is -3.70. The molecule has 3 atom stereocenters. The van der Waals surface area contributed by atoms with Gasteiger partial charge in [-0.2, -0.15) is 13.2 Å². The summed E-state index contributed by atoms with van der Waals surface area (Å²) in [6, 6.07) is 4.15. The van der Waals surface area contributed by atoms with Gasteiger partial charge in [0, 0.05) is 28.6 Å². The van der Waals surface area contributed by atoms with Gasteiger partial charge in [0.2, 0.25) is 0 Å². The van der Waals surface area contributed by atoms with E-state index in [4.69, 9.17) is 15.2 Å². The molecule has 0 aliphatic heterocycles. The molecule has 35 heavy (non-hydrogen) atoms. The summed E-state index contributed by atoms with van der Waals surface area (Å²) >= 11 is 0. The Bertz CT molecular complexity index is 1250. The number of benzene rings is 2. The van der Waals surface area contributed by atoms with E-state index in [1.165, 1.54) is 20.1 Å². The Hall–Kier alpha value is -3.34. The second kappa shape index (κ2) is 9.37. The van der Waals surface area contributed by atoms with E-state index in [0.29, 0.717) is 40.9 Å². The Kier molecular flexibility index (Phi) is 6.63. The fraction of sp³-hybridized carbons (Fsp3) is 0.417. The maximum absolute atomic E-state index is 14.8. The molecule has 0 radical (unpaired) electrons. The lowest BCUT2D eigenvalue weighted by Gasteiger charge is -2.32. The van der Waals surface area contributed by atoms with Crippen LogP contribution in [0.4, 0.5) is 29.1 Å². The zero-order valence-corrected chi connectivity index (χ0v) is 19.4. The number of aryl methyl sites for hydroxylation is 1. The van der Waals surface area contributed by atoms with Crippen molar-refractivity contribution < 1.29 is 32.1 Å². The van der Waals surface area contributed by atoms with Crippen LogP contribution in [0.3, 0.4) is 0 Å². The minimum absolute atomic E-state index is 0.0247. The first-order chi connectivity index (χ1) is 16.5. The third kappa shape index (κ3) is 5.04. The molecule has 4 rings (SSSR count). The average molecular weight is 494 g/mol. The van der Waals surface area contributed by atoms with Crippen molar-refractivity contribution in [3.8, 4) is 11.5 Å². The zero-order valence-electron chi connectivity index (χ0n) is 19.4. The van der Waals surface area contributed by atoms with E-state index < -0.39 is 29.7 Å². The summed E-state index contributed by atoms with van der Waals surface area (Å²) in [6.45, 7) is 3.47. The molecule has 1 saturated carbocycles. The lowest BCUT2D eigenvalue weighted by atomic mass is 9.83. The molecular formula is C24H26F4N4O3. The van der Waals surface area contributed by atoms with Crippen molar-refractivity contribution in [2.45, 2.75) is 45.0 Å². The fourth-order valence-corrected chi connectivity index (χ4v) is 4.05. The molecule has 1 heterocycles. The van der Waals surface area contributed by atoms with Crippen LogP contribution in [0, 0.1) is 18.7 Å². The van der Waals surface area contributed by atoms with Crippen LogP contribution in [0.5, 0.6) is 11.5 Å². The monoisotopic (exact) mass is 494 g/mol. The van der Waals surface area contributed by atoms with Crippen LogP contribution >= 0.6 is 0 Å². The predicted octanol–water partition coefficient (Wildman–Crippen LogP) is 5.01. The Labute approximate surface area is 199 Å². The summed E-state index contributed by atoms with van der Waals surface area (Å²) in [5.74, 6) is 0.135. The fourth-order valence-electron chi connectivity index (χ4n) is 4.05. The van der Waals surface area contributed by atoms with Gasteiger partial charge in [-0.3, -0.25) is 0 Å². The van der Waals surface area contributed by atoms with Gasteiger partial charge >= 0.3 is 6.18 Å². The number of rotatable bonds is 7. The van der Waals surface area contributed by atoms with Crippen LogP contribution in [0.2, 0.25) is 0 Å². The maximum atomic E-state index is 14.8. The van der Waals surface area contributed by atoms with Gasteiger partial charge < -0.3 is 25.6 Å². The molecule has 3 aromatic rings. The number of nitrogens with one attached hydrogen (secondary N) is 1. The highest BCUT2D eigenvalue weighted by Crippen LogP contribution is 2.39. The number of nitrogens with two attached hydrogens (primary N) is 1. The van der Waals surface area contributed by atoms with Crippen LogP contribution in [0.25, 0.3) is 10.9 Å². The highest BCUT2D eigenvalue weighted by atomic mass is 19.4. The van der Waals surface area contributed by atoms with Gasteiger partial charge in [0.1, 0.15) is 17.5 Å². The highest BCUT2D eigenvalue weighted by molar-refractivity contribution is 5.92. The Morgan fingerprint density at radius 1 is 1.17 bits per heavy atom. The van der Waals surface area contributed by atoms with Gasteiger partial charge in [-0.25, -0.2) is 14.4 Å². The molecule has 1 aliphatic rings. The Morgan fingerprint density at radius 2 is 1.91 bits per heavy atom. The molecular weight excluding hydrogens is 468 g/mol. The number of nitrogens with zero attached hydrogens (tertiary/aromatic N) is 2. The minimum atomic E-state index is -4.89. The van der Waals surface area contributed by atoms with E-state index in [-0.39, 0.29) is 23.0 Å². The van der Waals surface area contributed by atoms with Gasteiger partial charge in [-0.15, -0.1) is 0 Å². The maximum Gasteiger partial charge on any atom is 0.419 e. The summed E-state index contributed by atoms with van der Waals surface area (Å²) in [5.41, 5.74) is 4.27. The van der Waals surface area contributed by atoms with Crippen LogP contribution in [-0.4, -0.2) is 34.9 Å². The van der Waals surface area contributed by atoms with E-state index in [2.05, 4.69) is 15.3 Å². The van der Waals surface area contributed by atoms with Gasteiger partial charge in [0.15, 0.2) is 11.5 Å². The minimum Gasteiger partial charge on any atom is -0.493 e. The van der Waals surface area contributed by atoms with E-state index in [1.54, 1.807) is 19.1 Å². The molecule has 1 fully saturated rings. The van der Waals surface area contributed by atoms with Crippen molar-refractivity contribution in [3.63, 3.8) is 0 Å². The first kappa shape index (κ1) is 24.8. The number of aliphatic hydroxyl groups excluding tert-OH is 1. The summed E-state index contributed by atoms with van der Waals surface area (Å²) in [5, 5.41) is 13.3. The number of hydrogen-bond donors (Lipinski definition) is 3. The number of aliphatic hydroxyl groups is 1. The summed E-state index contributed by atoms with van der Waals surface area (Å²) < 4.78 is 66.0. The van der Waals surface area contributed by atoms with E-state index >= 15 is 0 Å². The predicted molar refractivity (Wildman–Crippen MR) is 123 cm³/mol. The quantitative estimate of drug-likeness (QED) is 0.313. The lowest BCUT2D eigenvalue weighted by molar-refractivity contribution is -0.140. The van der Waals surface area contributed by atoms with Gasteiger partial charge in [-0.05, 0) is 44.9 Å². The van der Waals surface area contributed by atoms with Crippen molar-refractivity contribution in [1.82, 2.24) is 9.97 Å². The number of methoxy groups -OCH3 is 1. The number of ether oxygens (including phenoxy) is 2. The van der Waals surface area contributed by atoms with Crippen molar-refractivity contribution >= 4 is 22.4 Å². The molecule has 2 aromatic carbocycles. The summed E-state index contributed by atoms with van der Waals surface area (Å²) in [7, 11) is 1.49. The highest BCUT2D eigenvalue weighted by Gasteiger charge is 2.36. The van der Waals surface area contributed by atoms with Crippen LogP contribution in [0.15, 0.2) is 24.3 Å². The molecule has 1 aromatic heterocycles. The van der Waals surface area contributed by atoms with E-state index in [1.807, 2.05) is 0 Å². The second-order valence-corrected chi connectivity index (χ2v) is 8.69. The van der Waals surface area contributed by atoms with E-state index in [9.17, 15) is 22.7 Å². The lowest BCUT2D eigenvalue weighted by Crippen LogP contribution is -2.35. The largest absolute Gasteiger partial charge is 0.493 e. The standard InChI is InChI=1S/C24H26F4N4O3/c1-11(15-6-14(29)7-17(22(15)25)24(26,27)28)30-23-16-8-21(35-10-13-4-5-19(13)33)20(34-3)9-18(16)31-12(2)32-23/h6-9,11,13,19,33H,4-5,10,29H2,1-3H3,(H,30,31,32)/t11-,13?,19?/m1/s1. The SMILES string of the molecule is COc1cc2nc(C)nc(N[C@H](C)c3cc(N)cc(C(F)(F)F)c3F)c2cc1OCC1CCC1O. The van der Waals surface area contributed by atoms with E-state index in [0.717, 1.165) is 12.8 Å². The van der Waals surface area contributed by atoms with Crippen molar-refractivity contribution in [2.24, 2.45) is 5.92 Å². The molecule has 1 aliphatic carbocycles. The molecule has 0 amide bonds. The molecule has 0 saturated heterocycles. The first-order valence-electron chi connectivity index (χ1n) is 11.1. The number of fused-ring (bicyclic) bond motifs is 1. The molecule has 11 heteroatoms. The van der Waals surface area contributed by atoms with Gasteiger partial charge in [-0.1, -0.05) is 0 Å². The third-order valence-corrected chi connectivity index (χ3v) is 6.17. The van der Waals surface area contributed by atoms with Crippen LogP contribution < -0.4 is 20.5 Å². The molecule has 2 unspecified atom stereocenters. The van der Waals surface area contributed by atoms with Crippen molar-refractivity contribution in [2.75, 3.05) is 24.8 Å². The number of halogens is 4. The average Bonchev–Trinajstić information content (AvgIpc) is 2.78. The third-order valence-electron chi connectivity index (χ3n) is 6.17. The van der Waals surface area contributed by atoms with Gasteiger partial charge in [0.25, 0.3) is 0 Å². The number of aromatic nitrogens is 2. The molecule has 4 N–H and O–H groups in total. The van der Waals surface area contributed by atoms with Crippen LogP contribution in [0.1, 0.15) is 42.8 Å². The number of anilines is 2. The van der Waals surface area contributed by atoms with Crippen molar-refractivity contribution in [3.05, 3.63) is 47.0 Å². The van der Waals surface area contributed by atoms with Crippen LogP contribution in [-0.2, 0) is 6.18 Å². The molecule has 0 bridgehead atoms. The molecule has 188 valence electrons. The topological polar surface area (TPSA) is 103 Å². The first-order valence-corrected chi connectivity index (χ1v) is 11.1. The van der Waals surface area contributed by atoms with Gasteiger partial charge in [0.05, 0.1) is 36.9 Å². The number of alkyl halides is 3. The smallest absolute Gasteiger partial charge is 0.419 e. The normalized spacial score (nSPS) is 18.7. The zero-order chi connectivity index (χ0) is 25.5. The molecule has 7 nitrogen and oxygen atoms in total. The second-order valence-electron chi connectivity index (χ2n) is 8.69. The number of nitrogen functional groups attached to an aromatic ring is 1. The molecule has 0 spiro atoms. The number of hydrogen-bond acceptors (Lipinski definition) is 7. The Balaban J connectivity index is 1.71. The van der Waals surface area contributed by atoms with Crippen molar-refractivity contribution in [1.29, 1.82) is 0 Å².